The lowest BCUT2D eigenvalue weighted by atomic mass is 10.1. The molecule has 3 heterocycles. The van der Waals surface area contributed by atoms with Crippen LogP contribution in [0, 0.1) is 0 Å². The molecule has 0 saturated carbocycles. The van der Waals surface area contributed by atoms with Gasteiger partial charge in [-0.1, -0.05) is 12.1 Å². The van der Waals surface area contributed by atoms with Crippen LogP contribution in [0.1, 0.15) is 23.9 Å². The first-order valence-corrected chi connectivity index (χ1v) is 8.64. The Bertz CT molecular complexity index is 835. The van der Waals surface area contributed by atoms with E-state index in [1.807, 2.05) is 48.3 Å². The van der Waals surface area contributed by atoms with Crippen LogP contribution in [0.4, 0.5) is 0 Å². The SMILES string of the molecule is Cn1ccnc1[C@H]1OCC[C@@H]1NCc1ccc(Oc2cnccn2)cc1. The molecular weight excluding hydrogens is 330 g/mol. The Kier molecular flexibility index (Phi) is 4.90. The lowest BCUT2D eigenvalue weighted by molar-refractivity contribution is 0.0893. The Morgan fingerprint density at radius 3 is 2.81 bits per heavy atom. The van der Waals surface area contributed by atoms with Gasteiger partial charge in [0.25, 0.3) is 0 Å². The molecule has 0 amide bonds. The quantitative estimate of drug-likeness (QED) is 0.736. The summed E-state index contributed by atoms with van der Waals surface area (Å²) in [7, 11) is 2.00. The van der Waals surface area contributed by atoms with Gasteiger partial charge in [0.15, 0.2) is 0 Å². The third kappa shape index (κ3) is 3.74. The summed E-state index contributed by atoms with van der Waals surface area (Å²) in [5, 5.41) is 3.59. The van der Waals surface area contributed by atoms with Gasteiger partial charge in [-0.3, -0.25) is 4.98 Å². The molecule has 1 N–H and O–H groups in total. The second-order valence-corrected chi connectivity index (χ2v) is 6.25. The van der Waals surface area contributed by atoms with Gasteiger partial charge in [-0.15, -0.1) is 0 Å². The van der Waals surface area contributed by atoms with Crippen LogP contribution in [0.15, 0.2) is 55.2 Å². The first kappa shape index (κ1) is 16.7. The molecule has 0 bridgehead atoms. The number of ether oxygens (including phenoxy) is 2. The molecule has 7 nitrogen and oxygen atoms in total. The number of benzene rings is 1. The molecule has 1 aromatic carbocycles. The number of aryl methyl sites for hydroxylation is 1. The number of rotatable bonds is 6. The third-order valence-corrected chi connectivity index (χ3v) is 4.46. The zero-order valence-electron chi connectivity index (χ0n) is 14.6. The summed E-state index contributed by atoms with van der Waals surface area (Å²) >= 11 is 0. The van der Waals surface area contributed by atoms with E-state index in [2.05, 4.69) is 20.3 Å². The average molecular weight is 351 g/mol. The Balaban J connectivity index is 1.35. The molecule has 4 rings (SSSR count). The molecule has 2 atom stereocenters. The normalized spacial score (nSPS) is 19.6. The fourth-order valence-electron chi connectivity index (χ4n) is 3.09. The highest BCUT2D eigenvalue weighted by molar-refractivity contribution is 5.29. The van der Waals surface area contributed by atoms with Crippen LogP contribution in [0.3, 0.4) is 0 Å². The fraction of sp³-hybridized carbons (Fsp3) is 0.316. The minimum atomic E-state index is -0.00531. The highest BCUT2D eigenvalue weighted by Gasteiger charge is 2.31. The van der Waals surface area contributed by atoms with E-state index < -0.39 is 0 Å². The molecule has 1 aliphatic heterocycles. The van der Waals surface area contributed by atoms with Crippen molar-refractivity contribution in [2.24, 2.45) is 7.05 Å². The zero-order chi connectivity index (χ0) is 17.8. The summed E-state index contributed by atoms with van der Waals surface area (Å²) in [5.74, 6) is 2.19. The van der Waals surface area contributed by atoms with Gasteiger partial charge < -0.3 is 19.4 Å². The highest BCUT2D eigenvalue weighted by Crippen LogP contribution is 2.28. The second-order valence-electron chi connectivity index (χ2n) is 6.25. The monoisotopic (exact) mass is 351 g/mol. The Hall–Kier alpha value is -2.77. The van der Waals surface area contributed by atoms with E-state index >= 15 is 0 Å². The molecule has 1 fully saturated rings. The van der Waals surface area contributed by atoms with Crippen molar-refractivity contribution in [1.82, 2.24) is 24.8 Å². The first-order valence-electron chi connectivity index (χ1n) is 8.64. The summed E-state index contributed by atoms with van der Waals surface area (Å²) in [5.41, 5.74) is 1.18. The van der Waals surface area contributed by atoms with Gasteiger partial charge in [0, 0.05) is 51.0 Å². The van der Waals surface area contributed by atoms with E-state index in [1.165, 1.54) is 5.56 Å². The molecule has 1 aliphatic rings. The second kappa shape index (κ2) is 7.63. The van der Waals surface area contributed by atoms with Gasteiger partial charge in [-0.05, 0) is 24.1 Å². The predicted octanol–water partition coefficient (Wildman–Crippen LogP) is 2.62. The summed E-state index contributed by atoms with van der Waals surface area (Å²) in [6.07, 6.45) is 9.54. The topological polar surface area (TPSA) is 74.1 Å². The van der Waals surface area contributed by atoms with Gasteiger partial charge in [0.2, 0.25) is 5.88 Å². The molecule has 7 heteroatoms. The molecule has 3 aromatic rings. The van der Waals surface area contributed by atoms with Crippen molar-refractivity contribution >= 4 is 0 Å². The molecular formula is C19H21N5O2. The van der Waals surface area contributed by atoms with Gasteiger partial charge >= 0.3 is 0 Å². The average Bonchev–Trinajstić information content (AvgIpc) is 3.30. The summed E-state index contributed by atoms with van der Waals surface area (Å²) in [6.45, 7) is 1.51. The van der Waals surface area contributed by atoms with E-state index in [4.69, 9.17) is 9.47 Å². The van der Waals surface area contributed by atoms with Crippen LogP contribution < -0.4 is 10.1 Å². The molecule has 26 heavy (non-hydrogen) atoms. The Morgan fingerprint density at radius 2 is 2.08 bits per heavy atom. The minimum absolute atomic E-state index is 0.00531. The molecule has 134 valence electrons. The van der Waals surface area contributed by atoms with Gasteiger partial charge in [-0.25, -0.2) is 9.97 Å². The van der Waals surface area contributed by atoms with Crippen molar-refractivity contribution in [3.8, 4) is 11.6 Å². The van der Waals surface area contributed by atoms with Crippen LogP contribution >= 0.6 is 0 Å². The highest BCUT2D eigenvalue weighted by atomic mass is 16.5. The van der Waals surface area contributed by atoms with Crippen molar-refractivity contribution < 1.29 is 9.47 Å². The Morgan fingerprint density at radius 1 is 1.19 bits per heavy atom. The fourth-order valence-corrected chi connectivity index (χ4v) is 3.09. The predicted molar refractivity (Wildman–Crippen MR) is 95.7 cm³/mol. The summed E-state index contributed by atoms with van der Waals surface area (Å²) in [4.78, 5) is 12.5. The van der Waals surface area contributed by atoms with Crippen LogP contribution in [0.2, 0.25) is 0 Å². The number of imidazole rings is 1. The van der Waals surface area contributed by atoms with E-state index in [0.29, 0.717) is 5.88 Å². The molecule has 1 saturated heterocycles. The van der Waals surface area contributed by atoms with Crippen molar-refractivity contribution in [2.75, 3.05) is 6.61 Å². The van der Waals surface area contributed by atoms with E-state index in [0.717, 1.165) is 31.1 Å². The van der Waals surface area contributed by atoms with E-state index in [9.17, 15) is 0 Å². The summed E-state index contributed by atoms with van der Waals surface area (Å²) < 4.78 is 13.6. The van der Waals surface area contributed by atoms with Gasteiger partial charge in [0.1, 0.15) is 17.7 Å². The van der Waals surface area contributed by atoms with Crippen molar-refractivity contribution in [3.63, 3.8) is 0 Å². The first-order chi connectivity index (χ1) is 12.8. The molecule has 0 radical (unpaired) electrons. The number of nitrogens with zero attached hydrogens (tertiary/aromatic N) is 4. The van der Waals surface area contributed by atoms with Crippen LogP contribution in [0.25, 0.3) is 0 Å². The molecule has 0 unspecified atom stereocenters. The van der Waals surface area contributed by atoms with E-state index in [-0.39, 0.29) is 12.1 Å². The molecule has 0 aliphatic carbocycles. The third-order valence-electron chi connectivity index (χ3n) is 4.46. The van der Waals surface area contributed by atoms with E-state index in [1.54, 1.807) is 18.6 Å². The van der Waals surface area contributed by atoms with Crippen LogP contribution in [-0.2, 0) is 18.3 Å². The molecule has 0 spiro atoms. The number of hydrogen-bond donors (Lipinski definition) is 1. The van der Waals surface area contributed by atoms with Crippen molar-refractivity contribution in [3.05, 3.63) is 66.6 Å². The maximum Gasteiger partial charge on any atom is 0.237 e. The smallest absolute Gasteiger partial charge is 0.237 e. The number of hydrogen-bond acceptors (Lipinski definition) is 6. The number of nitrogens with one attached hydrogen (secondary N) is 1. The van der Waals surface area contributed by atoms with Crippen LogP contribution in [0.5, 0.6) is 11.6 Å². The zero-order valence-corrected chi connectivity index (χ0v) is 14.6. The van der Waals surface area contributed by atoms with Crippen LogP contribution in [-0.4, -0.2) is 32.2 Å². The lowest BCUT2D eigenvalue weighted by Gasteiger charge is -2.19. The largest absolute Gasteiger partial charge is 0.438 e. The van der Waals surface area contributed by atoms with Crippen molar-refractivity contribution in [2.45, 2.75) is 25.1 Å². The minimum Gasteiger partial charge on any atom is -0.438 e. The maximum absolute atomic E-state index is 5.89. The summed E-state index contributed by atoms with van der Waals surface area (Å²) in [6, 6.07) is 8.22. The van der Waals surface area contributed by atoms with Gasteiger partial charge in [-0.2, -0.15) is 0 Å². The standard InChI is InChI=1S/C19H21N5O2/c1-24-10-9-22-19(24)18-16(6-11-25-18)23-12-14-2-4-15(5-3-14)26-17-13-20-7-8-21-17/h2-5,7-10,13,16,18,23H,6,11-12H2,1H3/t16-,18-/m0/s1. The van der Waals surface area contributed by atoms with Crippen molar-refractivity contribution in [1.29, 1.82) is 0 Å². The lowest BCUT2D eigenvalue weighted by Crippen LogP contribution is -2.32. The van der Waals surface area contributed by atoms with Gasteiger partial charge in [0.05, 0.1) is 6.20 Å². The Labute approximate surface area is 152 Å². The maximum atomic E-state index is 5.89. The molecule has 2 aromatic heterocycles. The number of aromatic nitrogens is 4.